The van der Waals surface area contributed by atoms with E-state index in [1.807, 2.05) is 0 Å². The highest BCUT2D eigenvalue weighted by Crippen LogP contribution is 2.55. The molecule has 0 amide bonds. The molecule has 1 aliphatic carbocycles. The molecule has 5 aromatic rings. The maximum atomic E-state index is 7.02. The third kappa shape index (κ3) is 2.29. The van der Waals surface area contributed by atoms with E-state index in [-0.39, 0.29) is 0 Å². The second-order valence-corrected chi connectivity index (χ2v) is 8.04. The minimum Gasteiger partial charge on any atom is -0.398 e. The van der Waals surface area contributed by atoms with Gasteiger partial charge in [0, 0.05) is 22.2 Å². The first kappa shape index (κ1) is 17.1. The second-order valence-electron chi connectivity index (χ2n) is 8.04. The molecule has 1 nitrogen and oxygen atoms in total. The smallest absolute Gasteiger partial charge is 0.0486 e. The Morgan fingerprint density at radius 1 is 0.500 bits per heavy atom. The Kier molecular flexibility index (Phi) is 3.60. The van der Waals surface area contributed by atoms with Crippen molar-refractivity contribution in [1.29, 1.82) is 0 Å². The first-order valence-electron chi connectivity index (χ1n) is 10.3. The molecule has 0 saturated heterocycles. The number of hydrogen-bond donors (Lipinski definition) is 1. The van der Waals surface area contributed by atoms with Crippen LogP contribution >= 0.6 is 0 Å². The number of nitrogen functional groups attached to an aromatic ring is 1. The van der Waals surface area contributed by atoms with Crippen molar-refractivity contribution in [2.45, 2.75) is 6.92 Å². The Bertz CT molecular complexity index is 1430. The molecule has 0 fully saturated rings. The van der Waals surface area contributed by atoms with Crippen LogP contribution in [0.4, 0.5) is 5.69 Å². The van der Waals surface area contributed by atoms with Crippen molar-refractivity contribution in [1.82, 2.24) is 0 Å². The molecule has 0 atom stereocenters. The average Bonchev–Trinajstić information content (AvgIpc) is 3.13. The van der Waals surface area contributed by atoms with Gasteiger partial charge in [-0.25, -0.2) is 0 Å². The molecule has 0 unspecified atom stereocenters. The van der Waals surface area contributed by atoms with Gasteiger partial charge in [0.1, 0.15) is 0 Å². The zero-order valence-corrected chi connectivity index (χ0v) is 16.8. The van der Waals surface area contributed by atoms with Crippen molar-refractivity contribution in [3.05, 3.63) is 103 Å². The third-order valence-electron chi connectivity index (χ3n) is 6.26. The molecule has 1 aliphatic rings. The van der Waals surface area contributed by atoms with E-state index < -0.39 is 0 Å². The van der Waals surface area contributed by atoms with E-state index in [9.17, 15) is 0 Å². The van der Waals surface area contributed by atoms with Gasteiger partial charge in [-0.3, -0.25) is 0 Å². The van der Waals surface area contributed by atoms with Crippen LogP contribution < -0.4 is 5.73 Å². The van der Waals surface area contributed by atoms with Gasteiger partial charge < -0.3 is 5.73 Å². The Hall–Kier alpha value is -3.84. The highest BCUT2D eigenvalue weighted by molar-refractivity contribution is 6.25. The molecule has 1 heteroatoms. The van der Waals surface area contributed by atoms with Crippen LogP contribution in [-0.2, 0) is 0 Å². The van der Waals surface area contributed by atoms with E-state index in [1.165, 1.54) is 49.7 Å². The lowest BCUT2D eigenvalue weighted by Gasteiger charge is -2.20. The fourth-order valence-corrected chi connectivity index (χ4v) is 4.92. The van der Waals surface area contributed by atoms with Crippen LogP contribution in [0, 0.1) is 6.92 Å². The molecule has 0 spiro atoms. The van der Waals surface area contributed by atoms with Gasteiger partial charge >= 0.3 is 0 Å². The summed E-state index contributed by atoms with van der Waals surface area (Å²) in [5.41, 5.74) is 18.8. The Morgan fingerprint density at radius 2 is 1.13 bits per heavy atom. The predicted octanol–water partition coefficient (Wildman–Crippen LogP) is 7.71. The monoisotopic (exact) mass is 383 g/mol. The summed E-state index contributed by atoms with van der Waals surface area (Å²) in [4.78, 5) is 0. The third-order valence-corrected chi connectivity index (χ3v) is 6.26. The SMILES string of the molecule is Cc1ccc(-c2c(N)c3c4c(cccc4c2-c2ccccc2)-c2ccccc2-3)cc1. The van der Waals surface area contributed by atoms with Gasteiger partial charge in [0.25, 0.3) is 0 Å². The zero-order chi connectivity index (χ0) is 20.2. The van der Waals surface area contributed by atoms with E-state index >= 15 is 0 Å². The summed E-state index contributed by atoms with van der Waals surface area (Å²) < 4.78 is 0. The quantitative estimate of drug-likeness (QED) is 0.304. The summed E-state index contributed by atoms with van der Waals surface area (Å²) in [6, 6.07) is 34.6. The van der Waals surface area contributed by atoms with Crippen LogP contribution in [0.15, 0.2) is 97.1 Å². The average molecular weight is 383 g/mol. The van der Waals surface area contributed by atoms with Crippen molar-refractivity contribution in [2.24, 2.45) is 0 Å². The molecule has 0 aromatic heterocycles. The first-order chi connectivity index (χ1) is 14.7. The number of aryl methyl sites for hydroxylation is 1. The first-order valence-corrected chi connectivity index (χ1v) is 10.3. The molecule has 6 rings (SSSR count). The van der Waals surface area contributed by atoms with Gasteiger partial charge in [0.2, 0.25) is 0 Å². The van der Waals surface area contributed by atoms with E-state index in [2.05, 4.69) is 104 Å². The normalized spacial score (nSPS) is 11.6. The number of fused-ring (bicyclic) bond motifs is 3. The van der Waals surface area contributed by atoms with Gasteiger partial charge in [0.15, 0.2) is 0 Å². The summed E-state index contributed by atoms with van der Waals surface area (Å²) in [5, 5.41) is 2.53. The number of anilines is 1. The van der Waals surface area contributed by atoms with E-state index in [4.69, 9.17) is 5.73 Å². The summed E-state index contributed by atoms with van der Waals surface area (Å²) in [6.45, 7) is 2.12. The molecule has 30 heavy (non-hydrogen) atoms. The second kappa shape index (κ2) is 6.33. The largest absolute Gasteiger partial charge is 0.398 e. The molecule has 0 bridgehead atoms. The minimum atomic E-state index is 0.864. The molecule has 0 saturated carbocycles. The molecule has 0 heterocycles. The fourth-order valence-electron chi connectivity index (χ4n) is 4.92. The highest BCUT2D eigenvalue weighted by Gasteiger charge is 2.28. The van der Waals surface area contributed by atoms with Crippen LogP contribution in [0.25, 0.3) is 55.3 Å². The van der Waals surface area contributed by atoms with Crippen molar-refractivity contribution in [2.75, 3.05) is 5.73 Å². The van der Waals surface area contributed by atoms with E-state index in [0.717, 1.165) is 16.8 Å². The predicted molar refractivity (Wildman–Crippen MR) is 128 cm³/mol. The van der Waals surface area contributed by atoms with E-state index in [0.29, 0.717) is 0 Å². The van der Waals surface area contributed by atoms with Crippen molar-refractivity contribution >= 4 is 16.5 Å². The number of benzene rings is 5. The topological polar surface area (TPSA) is 26.0 Å². The zero-order valence-electron chi connectivity index (χ0n) is 16.8. The van der Waals surface area contributed by atoms with Crippen molar-refractivity contribution in [3.63, 3.8) is 0 Å². The molecular formula is C29H21N. The minimum absolute atomic E-state index is 0.864. The summed E-state index contributed by atoms with van der Waals surface area (Å²) >= 11 is 0. The summed E-state index contributed by atoms with van der Waals surface area (Å²) in [6.07, 6.45) is 0. The van der Waals surface area contributed by atoms with Gasteiger partial charge in [-0.2, -0.15) is 0 Å². The summed E-state index contributed by atoms with van der Waals surface area (Å²) in [5.74, 6) is 0. The molecule has 0 radical (unpaired) electrons. The molecule has 0 aliphatic heterocycles. The standard InChI is InChI=1S/C29H21N/c1-18-14-16-20(17-15-18)26-25(19-8-3-2-4-9-19)24-13-7-12-22-21-10-5-6-11-23(21)28(27(22)24)29(26)30/h2-17H,30H2,1H3. The number of hydrogen-bond acceptors (Lipinski definition) is 1. The fraction of sp³-hybridized carbons (Fsp3) is 0.0345. The van der Waals surface area contributed by atoms with Crippen LogP contribution in [0.3, 0.4) is 0 Å². The van der Waals surface area contributed by atoms with E-state index in [1.54, 1.807) is 0 Å². The van der Waals surface area contributed by atoms with Crippen molar-refractivity contribution in [3.8, 4) is 44.5 Å². The van der Waals surface area contributed by atoms with Crippen molar-refractivity contribution < 1.29 is 0 Å². The maximum Gasteiger partial charge on any atom is 0.0486 e. The maximum absolute atomic E-state index is 7.02. The van der Waals surface area contributed by atoms with Gasteiger partial charge in [0.05, 0.1) is 0 Å². The Balaban J connectivity index is 1.84. The van der Waals surface area contributed by atoms with Gasteiger partial charge in [-0.05, 0) is 45.7 Å². The van der Waals surface area contributed by atoms with Gasteiger partial charge in [-0.1, -0.05) is 103 Å². The van der Waals surface area contributed by atoms with Crippen LogP contribution in [0.5, 0.6) is 0 Å². The molecular weight excluding hydrogens is 362 g/mol. The van der Waals surface area contributed by atoms with Crippen LogP contribution in [0.2, 0.25) is 0 Å². The molecule has 142 valence electrons. The lowest BCUT2D eigenvalue weighted by atomic mass is 9.85. The van der Waals surface area contributed by atoms with Crippen LogP contribution in [0.1, 0.15) is 5.56 Å². The lowest BCUT2D eigenvalue weighted by molar-refractivity contribution is 1.47. The Morgan fingerprint density at radius 3 is 1.90 bits per heavy atom. The molecule has 2 N–H and O–H groups in total. The van der Waals surface area contributed by atoms with Crippen LogP contribution in [-0.4, -0.2) is 0 Å². The van der Waals surface area contributed by atoms with Gasteiger partial charge in [-0.15, -0.1) is 0 Å². The lowest BCUT2D eigenvalue weighted by Crippen LogP contribution is -1.98. The summed E-state index contributed by atoms with van der Waals surface area (Å²) in [7, 11) is 0. The number of rotatable bonds is 2. The number of nitrogens with two attached hydrogens (primary N) is 1. The highest BCUT2D eigenvalue weighted by atomic mass is 14.6. The molecule has 5 aromatic carbocycles. The Labute approximate surface area is 176 Å².